The molecule has 0 radical (unpaired) electrons. The van der Waals surface area contributed by atoms with E-state index >= 15 is 0 Å². The van der Waals surface area contributed by atoms with Gasteiger partial charge in [-0.3, -0.25) is 14.4 Å². The molecule has 432 valence electrons. The van der Waals surface area contributed by atoms with Gasteiger partial charge in [0, 0.05) is 19.3 Å². The van der Waals surface area contributed by atoms with Crippen LogP contribution in [0, 0.1) is 0 Å². The van der Waals surface area contributed by atoms with Crippen LogP contribution in [0.2, 0.25) is 0 Å². The Kier molecular flexibility index (Phi) is 60.3. The van der Waals surface area contributed by atoms with Gasteiger partial charge in [-0.15, -0.1) is 0 Å². The van der Waals surface area contributed by atoms with Crippen LogP contribution in [0.3, 0.4) is 0 Å². The number of carbonyl (C=O) groups excluding carboxylic acids is 3. The Morgan fingerprint density at radius 2 is 0.520 bits per heavy atom. The molecule has 0 bridgehead atoms. The Hall–Kier alpha value is -3.41. The number of carbonyl (C=O) groups is 3. The minimum absolute atomic E-state index is 0.0779. The molecule has 0 N–H and O–H groups in total. The molecule has 0 aromatic carbocycles. The number of unbranched alkanes of at least 4 members (excludes halogenated alkanes) is 33. The Labute approximate surface area is 465 Å². The van der Waals surface area contributed by atoms with Gasteiger partial charge in [0.2, 0.25) is 0 Å². The van der Waals surface area contributed by atoms with Crippen molar-refractivity contribution >= 4 is 17.9 Å². The molecule has 0 aliphatic rings. The summed E-state index contributed by atoms with van der Waals surface area (Å²) < 4.78 is 16.8. The normalized spacial score (nSPS) is 12.6. The zero-order valence-electron chi connectivity index (χ0n) is 49.6. The molecule has 0 amide bonds. The van der Waals surface area contributed by atoms with Crippen LogP contribution in [0.15, 0.2) is 85.1 Å². The molecular weight excluding hydrogens is 925 g/mol. The maximum Gasteiger partial charge on any atom is 0.306 e. The van der Waals surface area contributed by atoms with Gasteiger partial charge in [0.1, 0.15) is 13.2 Å². The highest BCUT2D eigenvalue weighted by Crippen LogP contribution is 2.17. The van der Waals surface area contributed by atoms with Crippen LogP contribution in [-0.2, 0) is 28.6 Å². The fourth-order valence-electron chi connectivity index (χ4n) is 9.09. The Balaban J connectivity index is 4.00. The number of hydrogen-bond acceptors (Lipinski definition) is 6. The van der Waals surface area contributed by atoms with Gasteiger partial charge in [-0.1, -0.05) is 286 Å². The minimum atomic E-state index is -0.777. The van der Waals surface area contributed by atoms with E-state index in [4.69, 9.17) is 14.2 Å². The zero-order valence-corrected chi connectivity index (χ0v) is 49.6. The van der Waals surface area contributed by atoms with Crippen LogP contribution in [0.25, 0.3) is 0 Å². The lowest BCUT2D eigenvalue weighted by Gasteiger charge is -2.18. The van der Waals surface area contributed by atoms with E-state index in [1.165, 1.54) is 167 Å². The second kappa shape index (κ2) is 63.1. The van der Waals surface area contributed by atoms with Crippen molar-refractivity contribution in [3.05, 3.63) is 85.1 Å². The molecule has 1 atom stereocenters. The molecule has 0 saturated heterocycles. The van der Waals surface area contributed by atoms with E-state index in [0.29, 0.717) is 19.3 Å². The van der Waals surface area contributed by atoms with Crippen LogP contribution >= 0.6 is 0 Å². The van der Waals surface area contributed by atoms with E-state index in [1.54, 1.807) is 0 Å². The molecule has 6 nitrogen and oxygen atoms in total. The summed E-state index contributed by atoms with van der Waals surface area (Å²) in [6.45, 7) is 6.45. The van der Waals surface area contributed by atoms with Gasteiger partial charge in [-0.25, -0.2) is 0 Å². The summed E-state index contributed by atoms with van der Waals surface area (Å²) in [6, 6.07) is 0. The van der Waals surface area contributed by atoms with Gasteiger partial charge in [0.25, 0.3) is 0 Å². The lowest BCUT2D eigenvalue weighted by atomic mass is 10.0. The maximum atomic E-state index is 12.8. The number of rotatable bonds is 58. The Bertz CT molecular complexity index is 1430. The van der Waals surface area contributed by atoms with Crippen LogP contribution in [0.1, 0.15) is 316 Å². The van der Waals surface area contributed by atoms with Crippen LogP contribution in [-0.4, -0.2) is 37.2 Å². The second-order valence-corrected chi connectivity index (χ2v) is 21.3. The molecule has 0 aromatic rings. The van der Waals surface area contributed by atoms with Crippen molar-refractivity contribution in [2.45, 2.75) is 322 Å². The third kappa shape index (κ3) is 61.3. The van der Waals surface area contributed by atoms with Crippen LogP contribution in [0.4, 0.5) is 0 Å². The summed E-state index contributed by atoms with van der Waals surface area (Å²) in [5.41, 5.74) is 0. The molecule has 0 saturated carbocycles. The monoisotopic (exact) mass is 1040 g/mol. The number of hydrogen-bond donors (Lipinski definition) is 0. The van der Waals surface area contributed by atoms with Gasteiger partial charge in [0.15, 0.2) is 6.10 Å². The maximum absolute atomic E-state index is 12.8. The first-order valence-electron chi connectivity index (χ1n) is 32.1. The van der Waals surface area contributed by atoms with Crippen molar-refractivity contribution < 1.29 is 28.6 Å². The topological polar surface area (TPSA) is 78.9 Å². The van der Waals surface area contributed by atoms with Crippen LogP contribution in [0.5, 0.6) is 0 Å². The predicted octanol–water partition coefficient (Wildman–Crippen LogP) is 21.9. The van der Waals surface area contributed by atoms with Crippen LogP contribution < -0.4 is 0 Å². The van der Waals surface area contributed by atoms with Crippen molar-refractivity contribution in [1.82, 2.24) is 0 Å². The van der Waals surface area contributed by atoms with Gasteiger partial charge < -0.3 is 14.2 Å². The third-order valence-corrected chi connectivity index (χ3v) is 13.9. The van der Waals surface area contributed by atoms with Gasteiger partial charge in [-0.2, -0.15) is 0 Å². The smallest absolute Gasteiger partial charge is 0.306 e. The highest BCUT2D eigenvalue weighted by molar-refractivity contribution is 5.71. The molecule has 0 aliphatic carbocycles. The van der Waals surface area contributed by atoms with E-state index < -0.39 is 6.10 Å². The van der Waals surface area contributed by atoms with E-state index in [2.05, 4.69) is 106 Å². The predicted molar refractivity (Wildman–Crippen MR) is 325 cm³/mol. The van der Waals surface area contributed by atoms with Crippen molar-refractivity contribution in [3.63, 3.8) is 0 Å². The molecule has 75 heavy (non-hydrogen) atoms. The molecule has 0 spiro atoms. The molecule has 0 heterocycles. The lowest BCUT2D eigenvalue weighted by Crippen LogP contribution is -2.30. The fourth-order valence-corrected chi connectivity index (χ4v) is 9.09. The van der Waals surface area contributed by atoms with E-state index in [0.717, 1.165) is 109 Å². The summed E-state index contributed by atoms with van der Waals surface area (Å²) in [6.07, 6.45) is 83.6. The summed E-state index contributed by atoms with van der Waals surface area (Å²) >= 11 is 0. The Morgan fingerprint density at radius 3 is 0.813 bits per heavy atom. The molecule has 0 aromatic heterocycles. The number of ether oxygens (including phenoxy) is 3. The standard InChI is InChI=1S/C69H120O6/c1-4-7-10-13-15-17-19-21-23-25-27-29-30-31-32-33-34-35-36-37-38-40-41-43-45-47-49-51-53-56-59-62-68(71)74-65-66(64-73-67(70)61-58-55-12-9-6-3)75-69(72)63-60-57-54-52-50-48-46-44-42-39-28-26-24-22-20-18-16-14-11-8-5-2/h8,11,16,18-19,21-22,24-25,27-28,30-31,39,66H,4-7,9-10,12-15,17,20,23,26,29,32-38,40-65H2,1-3H3/b11-8-,18-16-,21-19-,24-22-,27-25-,31-30-,39-28-. The van der Waals surface area contributed by atoms with Crippen molar-refractivity contribution in [1.29, 1.82) is 0 Å². The first kappa shape index (κ1) is 71.6. The zero-order chi connectivity index (χ0) is 54.3. The highest BCUT2D eigenvalue weighted by atomic mass is 16.6. The first-order valence-corrected chi connectivity index (χ1v) is 32.1. The molecule has 0 rings (SSSR count). The largest absolute Gasteiger partial charge is 0.462 e. The average Bonchev–Trinajstić information content (AvgIpc) is 3.41. The van der Waals surface area contributed by atoms with Crippen molar-refractivity contribution in [3.8, 4) is 0 Å². The summed E-state index contributed by atoms with van der Waals surface area (Å²) in [4.78, 5) is 37.9. The number of esters is 3. The summed E-state index contributed by atoms with van der Waals surface area (Å²) in [5, 5.41) is 0. The van der Waals surface area contributed by atoms with E-state index in [-0.39, 0.29) is 31.1 Å². The van der Waals surface area contributed by atoms with E-state index in [1.807, 2.05) is 0 Å². The van der Waals surface area contributed by atoms with E-state index in [9.17, 15) is 14.4 Å². The molecule has 0 fully saturated rings. The molecule has 1 unspecified atom stereocenters. The van der Waals surface area contributed by atoms with Crippen molar-refractivity contribution in [2.75, 3.05) is 13.2 Å². The lowest BCUT2D eigenvalue weighted by molar-refractivity contribution is -0.167. The van der Waals surface area contributed by atoms with Gasteiger partial charge in [-0.05, 0) is 96.3 Å². The second-order valence-electron chi connectivity index (χ2n) is 21.3. The van der Waals surface area contributed by atoms with Gasteiger partial charge in [0.05, 0.1) is 0 Å². The molecular formula is C69H120O6. The third-order valence-electron chi connectivity index (χ3n) is 13.9. The average molecular weight is 1050 g/mol. The fraction of sp³-hybridized carbons (Fsp3) is 0.754. The Morgan fingerprint density at radius 1 is 0.280 bits per heavy atom. The summed E-state index contributed by atoms with van der Waals surface area (Å²) in [5.74, 6) is -0.891. The van der Waals surface area contributed by atoms with Crippen molar-refractivity contribution in [2.24, 2.45) is 0 Å². The first-order chi connectivity index (χ1) is 37.0. The molecule has 0 aliphatic heterocycles. The summed E-state index contributed by atoms with van der Waals surface area (Å²) in [7, 11) is 0. The SMILES string of the molecule is CC/C=C\C/C=C\C/C=C\C/C=C\CCCCCCCCCCC(=O)OC(COC(=O)CCCCCCC)COC(=O)CCCCCCCCCCCCCCCCCC/C=C\C/C=C\C/C=C\CCCCCCC. The highest BCUT2D eigenvalue weighted by Gasteiger charge is 2.19. The quantitative estimate of drug-likeness (QED) is 0.0261. The minimum Gasteiger partial charge on any atom is -0.462 e. The van der Waals surface area contributed by atoms with Gasteiger partial charge >= 0.3 is 17.9 Å². The molecule has 6 heteroatoms. The number of allylic oxidation sites excluding steroid dienone is 14.